The van der Waals surface area contributed by atoms with Gasteiger partial charge in [0.25, 0.3) is 5.91 Å². The zero-order valence-electron chi connectivity index (χ0n) is 21.0. The zero-order chi connectivity index (χ0) is 26.4. The van der Waals surface area contributed by atoms with Crippen molar-refractivity contribution in [2.75, 3.05) is 11.1 Å². The molecule has 2 heterocycles. The number of nitriles is 1. The molecule has 1 atom stereocenters. The maximum Gasteiger partial charge on any atom is 0.251 e. The monoisotopic (exact) mass is 534 g/mol. The quantitative estimate of drug-likeness (QED) is 0.275. The summed E-state index contributed by atoms with van der Waals surface area (Å²) in [4.78, 5) is 26.9. The molecular weight excluding hydrogens is 504 g/mol. The second-order valence-electron chi connectivity index (χ2n) is 9.16. The van der Waals surface area contributed by atoms with Crippen LogP contribution in [0.2, 0.25) is 0 Å². The fourth-order valence-electron chi connectivity index (χ4n) is 4.35. The first-order valence-electron chi connectivity index (χ1n) is 12.3. The van der Waals surface area contributed by atoms with Gasteiger partial charge in [0.2, 0.25) is 5.91 Å². The number of benzene rings is 1. The van der Waals surface area contributed by atoms with E-state index < -0.39 is 0 Å². The van der Waals surface area contributed by atoms with Crippen molar-refractivity contribution < 1.29 is 9.59 Å². The van der Waals surface area contributed by atoms with Crippen LogP contribution in [-0.2, 0) is 24.2 Å². The second kappa shape index (κ2) is 12.2. The molecule has 0 fully saturated rings. The van der Waals surface area contributed by atoms with Crippen molar-refractivity contribution in [3.05, 3.63) is 70.4 Å². The number of hydrogen-bond acceptors (Lipinski definition) is 7. The van der Waals surface area contributed by atoms with E-state index in [9.17, 15) is 14.9 Å². The topological polar surface area (TPSA) is 113 Å². The number of nitrogens with zero attached hydrogens (tertiary/aromatic N) is 4. The second-order valence-corrected chi connectivity index (χ2v) is 11.2. The van der Waals surface area contributed by atoms with Crippen molar-refractivity contribution in [3.63, 3.8) is 0 Å². The first-order valence-corrected chi connectivity index (χ1v) is 14.1. The number of thioether (sulfide) groups is 1. The number of thiophene rings is 1. The lowest BCUT2D eigenvalue weighted by Gasteiger charge is -2.22. The Kier molecular flexibility index (Phi) is 8.79. The van der Waals surface area contributed by atoms with E-state index in [0.717, 1.165) is 31.2 Å². The van der Waals surface area contributed by atoms with Crippen LogP contribution in [0.4, 0.5) is 5.00 Å². The van der Waals surface area contributed by atoms with Gasteiger partial charge in [-0.2, -0.15) is 5.26 Å². The molecule has 10 heteroatoms. The Morgan fingerprint density at radius 2 is 2.00 bits per heavy atom. The molecule has 2 amide bonds. The van der Waals surface area contributed by atoms with Crippen molar-refractivity contribution in [1.82, 2.24) is 20.1 Å². The van der Waals surface area contributed by atoms with Crippen LogP contribution in [0.5, 0.6) is 0 Å². The average molecular weight is 535 g/mol. The molecule has 0 aliphatic heterocycles. The Hall–Kier alpha value is -3.42. The maximum absolute atomic E-state index is 12.9. The molecule has 0 unspecified atom stereocenters. The molecule has 4 rings (SSSR count). The fraction of sp³-hybridized carbons (Fsp3) is 0.370. The summed E-state index contributed by atoms with van der Waals surface area (Å²) in [5.74, 6) is 0.391. The van der Waals surface area contributed by atoms with Crippen LogP contribution in [0.1, 0.15) is 64.9 Å². The van der Waals surface area contributed by atoms with Gasteiger partial charge in [-0.15, -0.1) is 28.1 Å². The first-order chi connectivity index (χ1) is 17.9. The van der Waals surface area contributed by atoms with E-state index in [-0.39, 0.29) is 29.5 Å². The van der Waals surface area contributed by atoms with Crippen LogP contribution in [0.15, 0.2) is 48.1 Å². The van der Waals surface area contributed by atoms with Gasteiger partial charge in [-0.3, -0.25) is 9.59 Å². The summed E-state index contributed by atoms with van der Waals surface area (Å²) in [5, 5.41) is 25.6. The Bertz CT molecular complexity index is 1320. The minimum atomic E-state index is -0.376. The van der Waals surface area contributed by atoms with Gasteiger partial charge in [0.05, 0.1) is 17.4 Å². The van der Waals surface area contributed by atoms with Gasteiger partial charge in [0.15, 0.2) is 11.0 Å². The first kappa shape index (κ1) is 26.6. The Labute approximate surface area is 225 Å². The van der Waals surface area contributed by atoms with Crippen molar-refractivity contribution in [1.29, 1.82) is 5.26 Å². The van der Waals surface area contributed by atoms with E-state index in [1.165, 1.54) is 28.0 Å². The van der Waals surface area contributed by atoms with Crippen LogP contribution in [0, 0.1) is 17.2 Å². The smallest absolute Gasteiger partial charge is 0.251 e. The standard InChI is InChI=1S/C27H30N6O2S2/c1-4-14-33-24(23(17(2)3)30-25(35)18-10-6-5-7-11-18)31-32-27(33)36-16-22(34)29-26-20(15-28)19-12-8-9-13-21(19)37-26/h4-7,10-11,17,23H,1,8-9,12-14,16H2,2-3H3,(H,29,34)(H,30,35)/t23-/m0/s1. The molecule has 0 saturated carbocycles. The Morgan fingerprint density at radius 3 is 2.70 bits per heavy atom. The molecule has 3 aromatic rings. The van der Waals surface area contributed by atoms with Gasteiger partial charge in [-0.05, 0) is 49.3 Å². The van der Waals surface area contributed by atoms with Gasteiger partial charge in [0.1, 0.15) is 11.1 Å². The molecule has 0 bridgehead atoms. The normalized spacial score (nSPS) is 13.5. The number of carbonyl (C=O) groups excluding carboxylic acids is 2. The number of carbonyl (C=O) groups is 2. The third-order valence-electron chi connectivity index (χ3n) is 6.19. The summed E-state index contributed by atoms with van der Waals surface area (Å²) in [7, 11) is 0. The van der Waals surface area contributed by atoms with Crippen molar-refractivity contribution >= 4 is 39.9 Å². The number of anilines is 1. The van der Waals surface area contributed by atoms with Gasteiger partial charge in [0, 0.05) is 17.0 Å². The summed E-state index contributed by atoms with van der Waals surface area (Å²) in [6, 6.07) is 10.9. The summed E-state index contributed by atoms with van der Waals surface area (Å²) >= 11 is 2.78. The highest BCUT2D eigenvalue weighted by molar-refractivity contribution is 7.99. The number of allylic oxidation sites excluding steroid dienone is 1. The highest BCUT2D eigenvalue weighted by Gasteiger charge is 2.27. The van der Waals surface area contributed by atoms with Crippen molar-refractivity contribution in [2.24, 2.45) is 5.92 Å². The van der Waals surface area contributed by atoms with Crippen molar-refractivity contribution in [2.45, 2.75) is 57.3 Å². The van der Waals surface area contributed by atoms with Crippen LogP contribution in [0.3, 0.4) is 0 Å². The summed E-state index contributed by atoms with van der Waals surface area (Å²) < 4.78 is 1.88. The number of aryl methyl sites for hydroxylation is 1. The number of fused-ring (bicyclic) bond motifs is 1. The fourth-order valence-corrected chi connectivity index (χ4v) is 6.36. The highest BCUT2D eigenvalue weighted by atomic mass is 32.2. The van der Waals surface area contributed by atoms with E-state index in [4.69, 9.17) is 0 Å². The predicted molar refractivity (Wildman–Crippen MR) is 147 cm³/mol. The third-order valence-corrected chi connectivity index (χ3v) is 8.37. The molecule has 0 spiro atoms. The van der Waals surface area contributed by atoms with Gasteiger partial charge >= 0.3 is 0 Å². The van der Waals surface area contributed by atoms with Crippen molar-refractivity contribution in [3.8, 4) is 6.07 Å². The minimum absolute atomic E-state index is 0.0517. The highest BCUT2D eigenvalue weighted by Crippen LogP contribution is 2.37. The molecule has 2 N–H and O–H groups in total. The lowest BCUT2D eigenvalue weighted by Crippen LogP contribution is -2.33. The van der Waals surface area contributed by atoms with E-state index in [0.29, 0.717) is 33.7 Å². The maximum atomic E-state index is 12.9. The molecular formula is C27H30N6O2S2. The lowest BCUT2D eigenvalue weighted by molar-refractivity contribution is -0.113. The van der Waals surface area contributed by atoms with Gasteiger partial charge in [-0.25, -0.2) is 0 Å². The Morgan fingerprint density at radius 1 is 1.24 bits per heavy atom. The number of nitrogens with one attached hydrogen (secondary N) is 2. The van der Waals surface area contributed by atoms with E-state index >= 15 is 0 Å². The molecule has 1 aliphatic rings. The van der Waals surface area contributed by atoms with Crippen LogP contribution in [0.25, 0.3) is 0 Å². The molecule has 2 aromatic heterocycles. The average Bonchev–Trinajstić information content (AvgIpc) is 3.46. The number of hydrogen-bond donors (Lipinski definition) is 2. The number of amides is 2. The number of rotatable bonds is 10. The van der Waals surface area contributed by atoms with Crippen LogP contribution >= 0.6 is 23.1 Å². The largest absolute Gasteiger partial charge is 0.342 e. The molecule has 192 valence electrons. The summed E-state index contributed by atoms with van der Waals surface area (Å²) in [5.41, 5.74) is 2.26. The lowest BCUT2D eigenvalue weighted by atomic mass is 9.96. The summed E-state index contributed by atoms with van der Waals surface area (Å²) in [6.45, 7) is 8.31. The SMILES string of the molecule is C=CCn1c(SCC(=O)Nc2sc3c(c2C#N)CCCC3)nnc1[C@@H](NC(=O)c1ccccc1)C(C)C. The van der Waals surface area contributed by atoms with Crippen LogP contribution in [-0.4, -0.2) is 32.3 Å². The van der Waals surface area contributed by atoms with E-state index in [1.807, 2.05) is 36.6 Å². The minimum Gasteiger partial charge on any atom is -0.342 e. The molecule has 0 radical (unpaired) electrons. The summed E-state index contributed by atoms with van der Waals surface area (Å²) in [6.07, 6.45) is 5.79. The molecule has 1 aliphatic carbocycles. The van der Waals surface area contributed by atoms with E-state index in [1.54, 1.807) is 18.2 Å². The molecule has 37 heavy (non-hydrogen) atoms. The predicted octanol–water partition coefficient (Wildman–Crippen LogP) is 5.13. The Balaban J connectivity index is 1.48. The third kappa shape index (κ3) is 6.12. The molecule has 1 aromatic carbocycles. The molecule has 0 saturated heterocycles. The molecule has 8 nitrogen and oxygen atoms in total. The van der Waals surface area contributed by atoms with E-state index in [2.05, 4.69) is 33.5 Å². The zero-order valence-corrected chi connectivity index (χ0v) is 22.6. The number of aromatic nitrogens is 3. The van der Waals surface area contributed by atoms with Gasteiger partial charge < -0.3 is 15.2 Å². The van der Waals surface area contributed by atoms with Crippen LogP contribution < -0.4 is 10.6 Å². The van der Waals surface area contributed by atoms with Gasteiger partial charge in [-0.1, -0.05) is 49.9 Å².